The number of anilines is 1. The van der Waals surface area contributed by atoms with Gasteiger partial charge in [0.15, 0.2) is 0 Å². The molecule has 2 aromatic rings. The molecule has 0 radical (unpaired) electrons. The van der Waals surface area contributed by atoms with E-state index in [-0.39, 0.29) is 5.54 Å². The molecular formula is C17H19N3. The number of rotatable bonds is 1. The molecule has 1 aliphatic heterocycles. The summed E-state index contributed by atoms with van der Waals surface area (Å²) in [5.41, 5.74) is 2.10. The number of fused-ring (bicyclic) bond motifs is 1. The van der Waals surface area contributed by atoms with Crippen molar-refractivity contribution in [1.29, 1.82) is 5.26 Å². The fourth-order valence-electron chi connectivity index (χ4n) is 3.00. The maximum absolute atomic E-state index is 9.25. The Morgan fingerprint density at radius 1 is 1.15 bits per heavy atom. The summed E-state index contributed by atoms with van der Waals surface area (Å²) in [6.45, 7) is 7.42. The maximum atomic E-state index is 9.25. The van der Waals surface area contributed by atoms with Gasteiger partial charge in [0, 0.05) is 41.6 Å². The van der Waals surface area contributed by atoms with Crippen molar-refractivity contribution in [3.63, 3.8) is 0 Å². The Morgan fingerprint density at radius 2 is 1.90 bits per heavy atom. The number of nitriles is 1. The van der Waals surface area contributed by atoms with Crippen molar-refractivity contribution < 1.29 is 0 Å². The van der Waals surface area contributed by atoms with Crippen LogP contribution in [-0.2, 0) is 0 Å². The van der Waals surface area contributed by atoms with Crippen LogP contribution in [-0.4, -0.2) is 25.2 Å². The Labute approximate surface area is 119 Å². The van der Waals surface area contributed by atoms with Gasteiger partial charge in [-0.25, -0.2) is 0 Å². The third-order valence-corrected chi connectivity index (χ3v) is 3.93. The van der Waals surface area contributed by atoms with Gasteiger partial charge in [-0.05, 0) is 26.0 Å². The maximum Gasteiger partial charge on any atom is 0.0998 e. The monoisotopic (exact) mass is 265 g/mol. The van der Waals surface area contributed by atoms with Crippen LogP contribution in [0.1, 0.15) is 19.4 Å². The Morgan fingerprint density at radius 3 is 2.60 bits per heavy atom. The molecule has 2 aromatic carbocycles. The molecule has 1 heterocycles. The fourth-order valence-corrected chi connectivity index (χ4v) is 3.00. The summed E-state index contributed by atoms with van der Waals surface area (Å²) in [4.78, 5) is 2.42. The molecule has 1 fully saturated rings. The number of benzene rings is 2. The molecule has 0 spiro atoms. The van der Waals surface area contributed by atoms with Gasteiger partial charge in [-0.2, -0.15) is 5.26 Å². The lowest BCUT2D eigenvalue weighted by molar-refractivity contribution is 0.353. The Kier molecular flexibility index (Phi) is 3.11. The van der Waals surface area contributed by atoms with E-state index in [0.29, 0.717) is 0 Å². The van der Waals surface area contributed by atoms with E-state index in [2.05, 4.69) is 42.3 Å². The van der Waals surface area contributed by atoms with Crippen LogP contribution in [0.2, 0.25) is 0 Å². The SMILES string of the molecule is CC1(C)CN(c2ccc(C#N)c3ccccc23)CCN1. The first-order valence-electron chi connectivity index (χ1n) is 7.02. The van der Waals surface area contributed by atoms with E-state index < -0.39 is 0 Å². The van der Waals surface area contributed by atoms with Gasteiger partial charge in [-0.1, -0.05) is 24.3 Å². The molecule has 0 bridgehead atoms. The van der Waals surface area contributed by atoms with E-state index >= 15 is 0 Å². The number of nitrogens with zero attached hydrogens (tertiary/aromatic N) is 2. The molecular weight excluding hydrogens is 246 g/mol. The summed E-state index contributed by atoms with van der Waals surface area (Å²) in [5, 5.41) is 15.0. The van der Waals surface area contributed by atoms with Crippen LogP contribution >= 0.6 is 0 Å². The number of hydrogen-bond donors (Lipinski definition) is 1. The summed E-state index contributed by atoms with van der Waals surface area (Å²) in [5.74, 6) is 0. The van der Waals surface area contributed by atoms with Gasteiger partial charge >= 0.3 is 0 Å². The molecule has 3 nitrogen and oxygen atoms in total. The smallest absolute Gasteiger partial charge is 0.0998 e. The number of hydrogen-bond acceptors (Lipinski definition) is 3. The van der Waals surface area contributed by atoms with Crippen LogP contribution in [0, 0.1) is 11.3 Å². The second-order valence-electron chi connectivity index (χ2n) is 6.02. The van der Waals surface area contributed by atoms with Crippen LogP contribution < -0.4 is 10.2 Å². The van der Waals surface area contributed by atoms with Crippen molar-refractivity contribution in [2.45, 2.75) is 19.4 Å². The zero-order chi connectivity index (χ0) is 14.2. The Bertz CT molecular complexity index is 682. The van der Waals surface area contributed by atoms with Gasteiger partial charge in [-0.3, -0.25) is 0 Å². The average molecular weight is 265 g/mol. The first kappa shape index (κ1) is 13.0. The molecule has 1 saturated heterocycles. The molecule has 102 valence electrons. The van der Waals surface area contributed by atoms with E-state index in [1.807, 2.05) is 24.3 Å². The summed E-state index contributed by atoms with van der Waals surface area (Å²) in [6, 6.07) is 14.5. The zero-order valence-corrected chi connectivity index (χ0v) is 12.0. The number of piperazine rings is 1. The molecule has 0 amide bonds. The van der Waals surface area contributed by atoms with Gasteiger partial charge in [0.25, 0.3) is 0 Å². The first-order valence-corrected chi connectivity index (χ1v) is 7.02. The summed E-state index contributed by atoms with van der Waals surface area (Å²) in [6.07, 6.45) is 0. The van der Waals surface area contributed by atoms with Gasteiger partial charge in [0.1, 0.15) is 0 Å². The highest BCUT2D eigenvalue weighted by Crippen LogP contribution is 2.30. The molecule has 0 saturated carbocycles. The second-order valence-corrected chi connectivity index (χ2v) is 6.02. The van der Waals surface area contributed by atoms with Crippen LogP contribution in [0.15, 0.2) is 36.4 Å². The molecule has 3 heteroatoms. The largest absolute Gasteiger partial charge is 0.368 e. The molecule has 1 N–H and O–H groups in total. The van der Waals surface area contributed by atoms with Gasteiger partial charge in [0.05, 0.1) is 11.6 Å². The quantitative estimate of drug-likeness (QED) is 0.861. The van der Waals surface area contributed by atoms with E-state index in [9.17, 15) is 5.26 Å². The average Bonchev–Trinajstić information content (AvgIpc) is 2.45. The minimum Gasteiger partial charge on any atom is -0.368 e. The van der Waals surface area contributed by atoms with E-state index in [4.69, 9.17) is 0 Å². The zero-order valence-electron chi connectivity index (χ0n) is 12.0. The fraction of sp³-hybridized carbons (Fsp3) is 0.353. The lowest BCUT2D eigenvalue weighted by Gasteiger charge is -2.40. The van der Waals surface area contributed by atoms with Crippen molar-refractivity contribution >= 4 is 16.5 Å². The molecule has 20 heavy (non-hydrogen) atoms. The van der Waals surface area contributed by atoms with Crippen LogP contribution in [0.25, 0.3) is 10.8 Å². The lowest BCUT2D eigenvalue weighted by atomic mass is 9.98. The van der Waals surface area contributed by atoms with Crippen molar-refractivity contribution in [3.05, 3.63) is 42.0 Å². The summed E-state index contributed by atoms with van der Waals surface area (Å²) < 4.78 is 0. The topological polar surface area (TPSA) is 39.1 Å². The van der Waals surface area contributed by atoms with Gasteiger partial charge in [-0.15, -0.1) is 0 Å². The highest BCUT2D eigenvalue weighted by molar-refractivity contribution is 5.97. The predicted octanol–water partition coefficient (Wildman–Crippen LogP) is 2.90. The van der Waals surface area contributed by atoms with Crippen LogP contribution in [0.3, 0.4) is 0 Å². The lowest BCUT2D eigenvalue weighted by Crippen LogP contribution is -2.57. The standard InChI is InChI=1S/C17H19N3/c1-17(2)12-20(10-9-19-17)16-8-7-13(11-18)14-5-3-4-6-15(14)16/h3-8,19H,9-10,12H2,1-2H3. The molecule has 3 rings (SSSR count). The summed E-state index contributed by atoms with van der Waals surface area (Å²) >= 11 is 0. The van der Waals surface area contributed by atoms with E-state index in [1.54, 1.807) is 0 Å². The summed E-state index contributed by atoms with van der Waals surface area (Å²) in [7, 11) is 0. The first-order chi connectivity index (χ1) is 9.61. The van der Waals surface area contributed by atoms with E-state index in [0.717, 1.165) is 30.6 Å². The predicted molar refractivity (Wildman–Crippen MR) is 83.0 cm³/mol. The Hall–Kier alpha value is -2.05. The molecule has 0 atom stereocenters. The minimum atomic E-state index is 0.118. The van der Waals surface area contributed by atoms with Crippen molar-refractivity contribution in [1.82, 2.24) is 5.32 Å². The van der Waals surface area contributed by atoms with Crippen molar-refractivity contribution in [2.75, 3.05) is 24.5 Å². The molecule has 0 unspecified atom stereocenters. The van der Waals surface area contributed by atoms with Gasteiger partial charge in [0.2, 0.25) is 0 Å². The highest BCUT2D eigenvalue weighted by atomic mass is 15.2. The van der Waals surface area contributed by atoms with Gasteiger partial charge < -0.3 is 10.2 Å². The number of nitrogens with one attached hydrogen (secondary N) is 1. The molecule has 0 aliphatic carbocycles. The second kappa shape index (κ2) is 4.81. The minimum absolute atomic E-state index is 0.118. The van der Waals surface area contributed by atoms with Crippen LogP contribution in [0.4, 0.5) is 5.69 Å². The Balaban J connectivity index is 2.11. The van der Waals surface area contributed by atoms with Crippen LogP contribution in [0.5, 0.6) is 0 Å². The van der Waals surface area contributed by atoms with E-state index in [1.165, 1.54) is 11.1 Å². The van der Waals surface area contributed by atoms with Crippen molar-refractivity contribution in [3.8, 4) is 6.07 Å². The third-order valence-electron chi connectivity index (χ3n) is 3.93. The normalized spacial score (nSPS) is 17.9. The molecule has 0 aromatic heterocycles. The third kappa shape index (κ3) is 2.23. The highest BCUT2D eigenvalue weighted by Gasteiger charge is 2.26. The molecule has 1 aliphatic rings. The van der Waals surface area contributed by atoms with Crippen molar-refractivity contribution in [2.24, 2.45) is 0 Å².